The number of rotatable bonds is 36. The molecule has 0 amide bonds. The molecule has 0 saturated carbocycles. The molecule has 2 heteroatoms. The van der Waals surface area contributed by atoms with E-state index < -0.39 is 5.96 Å². The first-order valence-corrected chi connectivity index (χ1v) is 24.1. The van der Waals surface area contributed by atoms with Gasteiger partial charge in [-0.2, -0.15) is 0 Å². The van der Waals surface area contributed by atoms with E-state index in [-0.39, 0.29) is 0 Å². The van der Waals surface area contributed by atoms with E-state index in [1.165, 1.54) is 230 Å². The molecule has 0 aliphatic rings. The molecule has 0 fully saturated rings. The van der Waals surface area contributed by atoms with Crippen LogP contribution < -0.4 is 0 Å². The van der Waals surface area contributed by atoms with Gasteiger partial charge in [0.05, 0.1) is 0 Å². The summed E-state index contributed by atoms with van der Waals surface area (Å²) in [6.45, 7) is 9.31. The summed E-state index contributed by atoms with van der Waals surface area (Å²) in [5.74, 6) is -2.15. The number of hydrogen-bond donors (Lipinski definition) is 0. The molecule has 0 aromatic carbocycles. The van der Waals surface area contributed by atoms with Gasteiger partial charge in [-0.3, -0.25) is 0 Å². The van der Waals surface area contributed by atoms with Gasteiger partial charge in [-0.05, 0) is 0 Å². The van der Waals surface area contributed by atoms with Gasteiger partial charge >= 0.3 is 275 Å². The summed E-state index contributed by atoms with van der Waals surface area (Å²) in [7, 11) is 0. The second kappa shape index (κ2) is 31.7. The van der Waals surface area contributed by atoms with Crippen LogP contribution in [0.15, 0.2) is 0 Å². The van der Waals surface area contributed by atoms with Gasteiger partial charge in [-0.1, -0.05) is 0 Å². The first-order valence-electron chi connectivity index (χ1n) is 20.3. The van der Waals surface area contributed by atoms with Gasteiger partial charge in [0.1, 0.15) is 0 Å². The first kappa shape index (κ1) is 42.7. The van der Waals surface area contributed by atoms with Crippen molar-refractivity contribution in [3.05, 3.63) is 0 Å². The first-order chi connectivity index (χ1) is 20.5. The van der Waals surface area contributed by atoms with E-state index in [4.69, 9.17) is 11.2 Å². The van der Waals surface area contributed by atoms with E-state index in [1.54, 1.807) is 0 Å². The average molecular weight is 632 g/mol. The number of unbranched alkanes of at least 4 members (excludes halogenated alkanes) is 28. The second-order valence-corrected chi connectivity index (χ2v) is 22.9. The summed E-state index contributed by atoms with van der Waals surface area (Å²) in [6.07, 6.45) is 51.3. The fraction of sp³-hybridized carbons (Fsp3) is 1.00. The molecule has 0 nitrogen and oxygen atoms in total. The van der Waals surface area contributed by atoms with Crippen LogP contribution in [-0.4, -0.2) is 24.6 Å². The Morgan fingerprint density at radius 2 is 0.381 bits per heavy atom. The molecule has 0 spiro atoms. The Hall–Kier alpha value is 0.720. The van der Waals surface area contributed by atoms with Crippen molar-refractivity contribution in [3.63, 3.8) is 0 Å². The molecular weight excluding hydrogens is 547 g/mol. The molecule has 0 N–H and O–H groups in total. The molecule has 0 aromatic heterocycles. The van der Waals surface area contributed by atoms with Crippen molar-refractivity contribution in [3.8, 4) is 0 Å². The predicted octanol–water partition coefficient (Wildman–Crippen LogP) is 16.3. The van der Waals surface area contributed by atoms with Crippen LogP contribution in [0, 0.1) is 0 Å². The van der Waals surface area contributed by atoms with Crippen LogP contribution in [0.3, 0.4) is 0 Å². The molecule has 0 aliphatic heterocycles. The fourth-order valence-corrected chi connectivity index (χ4v) is 14.1. The molecule has 0 bridgehead atoms. The van der Waals surface area contributed by atoms with Gasteiger partial charge < -0.3 is 0 Å². The maximum atomic E-state index is 8.25. The normalized spacial score (nSPS) is 13.0. The van der Waals surface area contributed by atoms with Gasteiger partial charge in [-0.15, -0.1) is 0 Å². The number of halogens is 1. The molecule has 0 atom stereocenters. The molecule has 256 valence electrons. The molecule has 0 unspecified atom stereocenters. The van der Waals surface area contributed by atoms with Crippen molar-refractivity contribution in [2.75, 3.05) is 24.6 Å². The third-order valence-corrected chi connectivity index (χ3v) is 18.0. The van der Waals surface area contributed by atoms with Crippen molar-refractivity contribution in [1.82, 2.24) is 0 Å². The average Bonchev–Trinajstić information content (AvgIpc) is 2.99. The zero-order valence-corrected chi connectivity index (χ0v) is 31.9. The summed E-state index contributed by atoms with van der Waals surface area (Å²) < 4.78 is 0. The summed E-state index contributed by atoms with van der Waals surface area (Å²) in [5.41, 5.74) is 0. The summed E-state index contributed by atoms with van der Waals surface area (Å²) in [5, 5.41) is 0. The van der Waals surface area contributed by atoms with Crippen LogP contribution in [0.1, 0.15) is 233 Å². The predicted molar refractivity (Wildman–Crippen MR) is 203 cm³/mol. The zero-order chi connectivity index (χ0) is 30.9. The van der Waals surface area contributed by atoms with Gasteiger partial charge in [0.15, 0.2) is 0 Å². The Bertz CT molecular complexity index is 426. The fourth-order valence-electron chi connectivity index (χ4n) is 7.23. The quantitative estimate of drug-likeness (QED) is 0.0477. The Balaban J connectivity index is 5.04. The van der Waals surface area contributed by atoms with Crippen LogP contribution in [0.5, 0.6) is 0 Å². The minimum absolute atomic E-state index is 1.36. The van der Waals surface area contributed by atoms with Crippen molar-refractivity contribution in [2.45, 2.75) is 233 Å². The van der Waals surface area contributed by atoms with Crippen LogP contribution >= 0.6 is 17.2 Å². The molecule has 0 radical (unpaired) electrons. The third-order valence-electron chi connectivity index (χ3n) is 10.3. The van der Waals surface area contributed by atoms with Crippen LogP contribution in [0.2, 0.25) is 0 Å². The third kappa shape index (κ3) is 27.1. The Morgan fingerprint density at radius 1 is 0.238 bits per heavy atom. The van der Waals surface area contributed by atoms with Gasteiger partial charge in [0, 0.05) is 0 Å². The van der Waals surface area contributed by atoms with Crippen molar-refractivity contribution >= 4 is 17.2 Å². The van der Waals surface area contributed by atoms with E-state index in [9.17, 15) is 0 Å². The molecule has 0 aromatic rings. The van der Waals surface area contributed by atoms with Gasteiger partial charge in [0.2, 0.25) is 0 Å². The van der Waals surface area contributed by atoms with E-state index in [1.807, 2.05) is 0 Å². The second-order valence-electron chi connectivity index (χ2n) is 14.6. The zero-order valence-electron chi connectivity index (χ0n) is 30.3. The SMILES string of the molecule is CCCCCCCCCCP(Cl)(CCCCCCCCCC)(CCCCCCCCCC)CCCCCCCCCC. The Kier molecular flexibility index (Phi) is 32.2. The van der Waals surface area contributed by atoms with Crippen LogP contribution in [0.4, 0.5) is 0 Å². The number of hydrogen-bond acceptors (Lipinski definition) is 0. The summed E-state index contributed by atoms with van der Waals surface area (Å²) in [6, 6.07) is 0. The van der Waals surface area contributed by atoms with E-state index >= 15 is 0 Å². The standard InChI is InChI=1S/C40H84ClP/c1-5-9-13-17-21-25-29-33-37-42(41,38-34-30-26-22-18-14-10-6-2,39-35-31-27-23-19-15-11-7-3)40-36-32-28-24-20-16-12-8-4/h5-40H2,1-4H3. The maximum absolute atomic E-state index is 8.25. The molecular formula is C40H84ClP. The monoisotopic (exact) mass is 631 g/mol. The minimum atomic E-state index is -2.15. The van der Waals surface area contributed by atoms with Crippen molar-refractivity contribution < 1.29 is 0 Å². The van der Waals surface area contributed by atoms with E-state index in [0.29, 0.717) is 0 Å². The van der Waals surface area contributed by atoms with Gasteiger partial charge in [-0.25, -0.2) is 0 Å². The molecule has 0 aliphatic carbocycles. The van der Waals surface area contributed by atoms with Crippen LogP contribution in [-0.2, 0) is 0 Å². The summed E-state index contributed by atoms with van der Waals surface area (Å²) >= 11 is 8.25. The van der Waals surface area contributed by atoms with Gasteiger partial charge in [0.25, 0.3) is 0 Å². The summed E-state index contributed by atoms with van der Waals surface area (Å²) in [4.78, 5) is 0. The Labute approximate surface area is 274 Å². The topological polar surface area (TPSA) is 0 Å². The molecule has 42 heavy (non-hydrogen) atoms. The molecule has 0 saturated heterocycles. The molecule has 0 heterocycles. The van der Waals surface area contributed by atoms with Crippen molar-refractivity contribution in [1.29, 1.82) is 0 Å². The van der Waals surface area contributed by atoms with Crippen molar-refractivity contribution in [2.24, 2.45) is 0 Å². The van der Waals surface area contributed by atoms with E-state index in [0.717, 1.165) is 0 Å². The molecule has 0 rings (SSSR count). The van der Waals surface area contributed by atoms with E-state index in [2.05, 4.69) is 27.7 Å². The Morgan fingerprint density at radius 3 is 0.548 bits per heavy atom. The van der Waals surface area contributed by atoms with Crippen LogP contribution in [0.25, 0.3) is 0 Å².